The van der Waals surface area contributed by atoms with Crippen molar-refractivity contribution in [1.82, 2.24) is 0 Å². The summed E-state index contributed by atoms with van der Waals surface area (Å²) >= 11 is 0. The Labute approximate surface area is 125 Å². The van der Waals surface area contributed by atoms with E-state index < -0.39 is 0 Å². The van der Waals surface area contributed by atoms with Crippen molar-refractivity contribution < 1.29 is 4.74 Å². The largest absolute Gasteiger partial charge is 0.489 e. The van der Waals surface area contributed by atoms with E-state index in [-0.39, 0.29) is 0 Å². The summed E-state index contributed by atoms with van der Waals surface area (Å²) in [7, 11) is 0. The van der Waals surface area contributed by atoms with E-state index >= 15 is 0 Å². The molecule has 21 heavy (non-hydrogen) atoms. The van der Waals surface area contributed by atoms with Crippen molar-refractivity contribution >= 4 is 0 Å². The van der Waals surface area contributed by atoms with Gasteiger partial charge in [-0.2, -0.15) is 5.26 Å². The van der Waals surface area contributed by atoms with E-state index in [2.05, 4.69) is 17.9 Å². The maximum Gasteiger partial charge on any atom is 0.124 e. The maximum absolute atomic E-state index is 8.93. The molecule has 3 nitrogen and oxygen atoms in total. The summed E-state index contributed by atoms with van der Waals surface area (Å²) in [6.07, 6.45) is 0. The zero-order valence-electron chi connectivity index (χ0n) is 11.9. The minimum Gasteiger partial charge on any atom is -0.489 e. The van der Waals surface area contributed by atoms with E-state index in [1.165, 1.54) is 0 Å². The number of benzene rings is 2. The Morgan fingerprint density at radius 1 is 1.14 bits per heavy atom. The Hall–Kier alpha value is -2.75. The summed E-state index contributed by atoms with van der Waals surface area (Å²) in [5, 5.41) is 8.93. The molecule has 0 unspecified atom stereocenters. The quantitative estimate of drug-likeness (QED) is 0.877. The van der Waals surface area contributed by atoms with Crippen LogP contribution in [0, 0.1) is 30.1 Å². The van der Waals surface area contributed by atoms with Crippen LogP contribution in [-0.2, 0) is 6.61 Å². The minimum atomic E-state index is 0.348. The molecule has 0 radical (unpaired) electrons. The zero-order chi connectivity index (χ0) is 15.1. The van der Waals surface area contributed by atoms with Gasteiger partial charge >= 0.3 is 0 Å². The molecule has 2 aromatic rings. The second-order valence-corrected chi connectivity index (χ2v) is 4.59. The monoisotopic (exact) mass is 276 g/mol. The fourth-order valence-electron chi connectivity index (χ4n) is 1.88. The third kappa shape index (κ3) is 4.11. The van der Waals surface area contributed by atoms with Crippen molar-refractivity contribution in [1.29, 1.82) is 5.26 Å². The standard InChI is InChI=1S/C18H16N2O/c1-14-7-8-16(12-20)11-18(14)21-13-17-5-2-4-15(10-17)6-3-9-19/h2,4-5,7-8,10-11H,9,13,19H2,1H3. The Bertz CT molecular complexity index is 733. The number of aryl methyl sites for hydroxylation is 1. The fraction of sp³-hybridized carbons (Fsp3) is 0.167. The first kappa shape index (κ1) is 14.7. The first-order valence-electron chi connectivity index (χ1n) is 6.64. The number of hydrogen-bond donors (Lipinski definition) is 1. The molecular formula is C18H16N2O. The third-order valence-corrected chi connectivity index (χ3v) is 2.97. The summed E-state index contributed by atoms with van der Waals surface area (Å²) < 4.78 is 5.80. The summed E-state index contributed by atoms with van der Waals surface area (Å²) in [5.74, 6) is 6.56. The van der Waals surface area contributed by atoms with Gasteiger partial charge in [0.15, 0.2) is 0 Å². The van der Waals surface area contributed by atoms with Crippen molar-refractivity contribution in [3.05, 3.63) is 64.7 Å². The van der Waals surface area contributed by atoms with Crippen LogP contribution < -0.4 is 10.5 Å². The van der Waals surface area contributed by atoms with Crippen LogP contribution in [-0.4, -0.2) is 6.54 Å². The Morgan fingerprint density at radius 3 is 2.76 bits per heavy atom. The molecule has 2 aromatic carbocycles. The molecule has 0 aliphatic heterocycles. The van der Waals surface area contributed by atoms with Crippen molar-refractivity contribution in [2.24, 2.45) is 5.73 Å². The minimum absolute atomic E-state index is 0.348. The summed E-state index contributed by atoms with van der Waals surface area (Å²) in [6, 6.07) is 15.4. The number of nitrogens with zero attached hydrogens (tertiary/aromatic N) is 1. The molecule has 0 atom stereocenters. The van der Waals surface area contributed by atoms with Crippen molar-refractivity contribution in [2.75, 3.05) is 6.54 Å². The highest BCUT2D eigenvalue weighted by Crippen LogP contribution is 2.20. The van der Waals surface area contributed by atoms with Crippen molar-refractivity contribution in [3.63, 3.8) is 0 Å². The van der Waals surface area contributed by atoms with Gasteiger partial charge in [-0.25, -0.2) is 0 Å². The Morgan fingerprint density at radius 2 is 2.00 bits per heavy atom. The number of rotatable bonds is 3. The highest BCUT2D eigenvalue weighted by Gasteiger charge is 2.02. The summed E-state index contributed by atoms with van der Waals surface area (Å²) in [6.45, 7) is 2.74. The van der Waals surface area contributed by atoms with Crippen LogP contribution >= 0.6 is 0 Å². The fourth-order valence-corrected chi connectivity index (χ4v) is 1.88. The lowest BCUT2D eigenvalue weighted by molar-refractivity contribution is 0.304. The van der Waals surface area contributed by atoms with Crippen LogP contribution in [0.4, 0.5) is 0 Å². The molecule has 104 valence electrons. The van der Waals surface area contributed by atoms with E-state index in [0.717, 1.165) is 22.4 Å². The average Bonchev–Trinajstić information content (AvgIpc) is 2.52. The first-order chi connectivity index (χ1) is 10.2. The Balaban J connectivity index is 2.11. The smallest absolute Gasteiger partial charge is 0.124 e. The molecule has 0 saturated carbocycles. The normalized spacial score (nSPS) is 9.38. The van der Waals surface area contributed by atoms with Gasteiger partial charge in [-0.05, 0) is 42.3 Å². The lowest BCUT2D eigenvalue weighted by Gasteiger charge is -2.09. The second-order valence-electron chi connectivity index (χ2n) is 4.59. The van der Waals surface area contributed by atoms with Gasteiger partial charge in [0.2, 0.25) is 0 Å². The van der Waals surface area contributed by atoms with Gasteiger partial charge in [0.05, 0.1) is 18.2 Å². The molecule has 2 N–H and O–H groups in total. The van der Waals surface area contributed by atoms with Gasteiger partial charge in [0.25, 0.3) is 0 Å². The van der Waals surface area contributed by atoms with Gasteiger partial charge in [0, 0.05) is 5.56 Å². The molecule has 3 heteroatoms. The molecule has 0 heterocycles. The van der Waals surface area contributed by atoms with E-state index in [0.29, 0.717) is 18.7 Å². The molecule has 0 bridgehead atoms. The number of nitriles is 1. The summed E-state index contributed by atoms with van der Waals surface area (Å²) in [5.41, 5.74) is 8.92. The van der Waals surface area contributed by atoms with E-state index in [9.17, 15) is 0 Å². The number of hydrogen-bond acceptors (Lipinski definition) is 3. The van der Waals surface area contributed by atoms with Crippen LogP contribution in [0.15, 0.2) is 42.5 Å². The SMILES string of the molecule is Cc1ccc(C#N)cc1OCc1cccc(C#CCN)c1. The highest BCUT2D eigenvalue weighted by molar-refractivity contribution is 5.42. The molecule has 0 fully saturated rings. The molecule has 2 rings (SSSR count). The summed E-state index contributed by atoms with van der Waals surface area (Å²) in [4.78, 5) is 0. The Kier molecular flexibility index (Phi) is 4.99. The first-order valence-corrected chi connectivity index (χ1v) is 6.64. The lowest BCUT2D eigenvalue weighted by Crippen LogP contribution is -1.98. The number of nitrogens with two attached hydrogens (primary N) is 1. The highest BCUT2D eigenvalue weighted by atomic mass is 16.5. The van der Waals surface area contributed by atoms with Gasteiger partial charge in [0.1, 0.15) is 12.4 Å². The molecule has 0 aromatic heterocycles. The van der Waals surface area contributed by atoms with Crippen molar-refractivity contribution in [2.45, 2.75) is 13.5 Å². The molecule has 0 aliphatic carbocycles. The van der Waals surface area contributed by atoms with Gasteiger partial charge in [-0.1, -0.05) is 30.0 Å². The van der Waals surface area contributed by atoms with E-state index in [4.69, 9.17) is 15.7 Å². The van der Waals surface area contributed by atoms with Gasteiger partial charge in [-0.3, -0.25) is 0 Å². The van der Waals surface area contributed by atoms with Crippen LogP contribution in [0.1, 0.15) is 22.3 Å². The topological polar surface area (TPSA) is 59.0 Å². The second kappa shape index (κ2) is 7.14. The lowest BCUT2D eigenvalue weighted by atomic mass is 10.1. The molecule has 0 aliphatic rings. The van der Waals surface area contributed by atoms with Gasteiger partial charge < -0.3 is 10.5 Å². The van der Waals surface area contributed by atoms with Crippen LogP contribution in [0.2, 0.25) is 0 Å². The van der Waals surface area contributed by atoms with Crippen LogP contribution in [0.5, 0.6) is 5.75 Å². The predicted octanol–water partition coefficient (Wildman–Crippen LogP) is 2.76. The molecular weight excluding hydrogens is 260 g/mol. The molecule has 0 saturated heterocycles. The maximum atomic E-state index is 8.93. The predicted molar refractivity (Wildman–Crippen MR) is 82.6 cm³/mol. The van der Waals surface area contributed by atoms with Gasteiger partial charge in [-0.15, -0.1) is 0 Å². The molecule has 0 amide bonds. The molecule has 0 spiro atoms. The average molecular weight is 276 g/mol. The number of ether oxygens (including phenoxy) is 1. The third-order valence-electron chi connectivity index (χ3n) is 2.97. The van der Waals surface area contributed by atoms with Crippen LogP contribution in [0.3, 0.4) is 0 Å². The van der Waals surface area contributed by atoms with Crippen molar-refractivity contribution in [3.8, 4) is 23.7 Å². The van der Waals surface area contributed by atoms with Crippen LogP contribution in [0.25, 0.3) is 0 Å². The van der Waals surface area contributed by atoms with E-state index in [1.807, 2.05) is 37.3 Å². The zero-order valence-corrected chi connectivity index (χ0v) is 11.9. The van der Waals surface area contributed by atoms with E-state index in [1.54, 1.807) is 12.1 Å².